The Hall–Kier alpha value is -1.90. The fourth-order valence-corrected chi connectivity index (χ4v) is 2.00. The van der Waals surface area contributed by atoms with Crippen molar-refractivity contribution in [2.24, 2.45) is 0 Å². The van der Waals surface area contributed by atoms with E-state index in [9.17, 15) is 4.79 Å². The molecule has 1 aliphatic rings. The number of hydrogen-bond acceptors (Lipinski definition) is 4. The Morgan fingerprint density at radius 1 is 1.60 bits per heavy atom. The van der Waals surface area contributed by atoms with Crippen LogP contribution in [0.5, 0.6) is 0 Å². The molecule has 0 saturated carbocycles. The summed E-state index contributed by atoms with van der Waals surface area (Å²) in [7, 11) is 0. The van der Waals surface area contributed by atoms with Gasteiger partial charge in [-0.05, 0) is 31.9 Å². The highest BCUT2D eigenvalue weighted by Gasteiger charge is 2.28. The van der Waals surface area contributed by atoms with Gasteiger partial charge in [0.15, 0.2) is 0 Å². The first-order valence-corrected chi connectivity index (χ1v) is 6.71. The van der Waals surface area contributed by atoms with Crippen LogP contribution in [0.1, 0.15) is 31.7 Å². The topological polar surface area (TPSA) is 71.5 Å². The molecular weight excluding hydrogens is 256 g/mol. The number of aliphatic hydroxyl groups is 1. The highest BCUT2D eigenvalue weighted by atomic mass is 16.5. The molecule has 0 bridgehead atoms. The lowest BCUT2D eigenvalue weighted by molar-refractivity contribution is -0.126. The van der Waals surface area contributed by atoms with E-state index in [1.807, 2.05) is 6.92 Å². The van der Waals surface area contributed by atoms with Crippen LogP contribution in [0.2, 0.25) is 0 Å². The lowest BCUT2D eigenvalue weighted by Crippen LogP contribution is -2.28. The molecule has 1 aromatic rings. The standard InChI is InChI=1S/C15H18N2O3/c1-11-5-6-13(20-11)15(19)17-14-10-12(7-8-16-14)4-2-3-9-18/h7-8,10-11,13,18H,3,5-6,9H2,1H3,(H,16,17,19). The average Bonchev–Trinajstić information content (AvgIpc) is 2.86. The van der Waals surface area contributed by atoms with Crippen molar-refractivity contribution in [1.29, 1.82) is 0 Å². The molecule has 0 radical (unpaired) electrons. The SMILES string of the molecule is CC1CCC(C(=O)Nc2cc(C#CCCO)ccn2)O1. The van der Waals surface area contributed by atoms with E-state index in [1.54, 1.807) is 18.3 Å². The maximum Gasteiger partial charge on any atom is 0.254 e. The Morgan fingerprint density at radius 2 is 2.45 bits per heavy atom. The Morgan fingerprint density at radius 3 is 3.15 bits per heavy atom. The number of amides is 1. The van der Waals surface area contributed by atoms with Crippen LogP contribution in [0.15, 0.2) is 18.3 Å². The van der Waals surface area contributed by atoms with E-state index in [1.165, 1.54) is 0 Å². The molecule has 20 heavy (non-hydrogen) atoms. The smallest absolute Gasteiger partial charge is 0.254 e. The summed E-state index contributed by atoms with van der Waals surface area (Å²) in [5.74, 6) is 6.03. The number of nitrogens with one attached hydrogen (secondary N) is 1. The minimum atomic E-state index is -0.393. The summed E-state index contributed by atoms with van der Waals surface area (Å²) in [5, 5.41) is 11.4. The van der Waals surface area contributed by atoms with Gasteiger partial charge in [-0.3, -0.25) is 4.79 Å². The lowest BCUT2D eigenvalue weighted by atomic mass is 10.2. The van der Waals surface area contributed by atoms with Crippen molar-refractivity contribution in [3.8, 4) is 11.8 Å². The van der Waals surface area contributed by atoms with Crippen LogP contribution in [0.25, 0.3) is 0 Å². The number of pyridine rings is 1. The van der Waals surface area contributed by atoms with E-state index in [2.05, 4.69) is 22.1 Å². The predicted octanol–water partition coefficient (Wildman–Crippen LogP) is 1.32. The van der Waals surface area contributed by atoms with Crippen molar-refractivity contribution in [1.82, 2.24) is 4.98 Å². The molecule has 2 rings (SSSR count). The minimum Gasteiger partial charge on any atom is -0.395 e. The van der Waals surface area contributed by atoms with Crippen molar-refractivity contribution >= 4 is 11.7 Å². The van der Waals surface area contributed by atoms with E-state index in [0.29, 0.717) is 12.2 Å². The number of carbonyl (C=O) groups excluding carboxylic acids is 1. The molecule has 1 aromatic heterocycles. The maximum atomic E-state index is 12.0. The quantitative estimate of drug-likeness (QED) is 0.816. The van der Waals surface area contributed by atoms with Crippen LogP contribution in [-0.4, -0.2) is 34.8 Å². The molecule has 0 aliphatic carbocycles. The number of aromatic nitrogens is 1. The second kappa shape index (κ2) is 7.04. The summed E-state index contributed by atoms with van der Waals surface area (Å²) >= 11 is 0. The molecule has 106 valence electrons. The first kappa shape index (κ1) is 14.5. The van der Waals surface area contributed by atoms with Gasteiger partial charge in [-0.2, -0.15) is 0 Å². The molecule has 1 aliphatic heterocycles. The summed E-state index contributed by atoms with van der Waals surface area (Å²) in [6.45, 7) is 2.00. The zero-order valence-electron chi connectivity index (χ0n) is 11.4. The van der Waals surface area contributed by atoms with Gasteiger partial charge in [0, 0.05) is 18.2 Å². The van der Waals surface area contributed by atoms with E-state index in [0.717, 1.165) is 18.4 Å². The number of aliphatic hydroxyl groups excluding tert-OH is 1. The third-order valence-electron chi connectivity index (χ3n) is 3.01. The summed E-state index contributed by atoms with van der Waals surface area (Å²) in [4.78, 5) is 16.1. The Labute approximate surface area is 118 Å². The Kier molecular flexibility index (Phi) is 5.10. The van der Waals surface area contributed by atoms with Crippen LogP contribution in [-0.2, 0) is 9.53 Å². The maximum absolute atomic E-state index is 12.0. The van der Waals surface area contributed by atoms with Gasteiger partial charge in [-0.15, -0.1) is 0 Å². The van der Waals surface area contributed by atoms with Gasteiger partial charge in [-0.25, -0.2) is 4.98 Å². The Bertz CT molecular complexity index is 533. The number of nitrogens with zero attached hydrogens (tertiary/aromatic N) is 1. The number of rotatable bonds is 3. The van der Waals surface area contributed by atoms with Crippen LogP contribution < -0.4 is 5.32 Å². The molecule has 5 heteroatoms. The molecule has 0 aromatic carbocycles. The highest BCUT2D eigenvalue weighted by Crippen LogP contribution is 2.20. The molecule has 2 N–H and O–H groups in total. The summed E-state index contributed by atoms with van der Waals surface area (Å²) in [6, 6.07) is 3.47. The molecule has 1 fully saturated rings. The van der Waals surface area contributed by atoms with E-state index in [-0.39, 0.29) is 18.6 Å². The van der Waals surface area contributed by atoms with E-state index >= 15 is 0 Å². The fourth-order valence-electron chi connectivity index (χ4n) is 2.00. The normalized spacial score (nSPS) is 21.1. The van der Waals surface area contributed by atoms with Gasteiger partial charge in [-0.1, -0.05) is 11.8 Å². The largest absolute Gasteiger partial charge is 0.395 e. The molecular formula is C15H18N2O3. The number of hydrogen-bond donors (Lipinski definition) is 2. The molecule has 2 atom stereocenters. The van der Waals surface area contributed by atoms with Crippen molar-refractivity contribution in [3.05, 3.63) is 23.9 Å². The van der Waals surface area contributed by atoms with Gasteiger partial charge >= 0.3 is 0 Å². The second-order valence-electron chi connectivity index (χ2n) is 4.71. The Balaban J connectivity index is 1.97. The van der Waals surface area contributed by atoms with Crippen molar-refractivity contribution < 1.29 is 14.6 Å². The van der Waals surface area contributed by atoms with Gasteiger partial charge in [0.1, 0.15) is 11.9 Å². The second-order valence-corrected chi connectivity index (χ2v) is 4.71. The number of ether oxygens (including phenoxy) is 1. The molecule has 0 spiro atoms. The zero-order valence-corrected chi connectivity index (χ0v) is 11.4. The van der Waals surface area contributed by atoms with Crippen molar-refractivity contribution in [2.45, 2.75) is 38.4 Å². The molecule has 2 heterocycles. The third kappa shape index (κ3) is 4.05. The number of carbonyl (C=O) groups is 1. The third-order valence-corrected chi connectivity index (χ3v) is 3.01. The van der Waals surface area contributed by atoms with Gasteiger partial charge < -0.3 is 15.2 Å². The molecule has 1 amide bonds. The lowest BCUT2D eigenvalue weighted by Gasteiger charge is -2.11. The molecule has 5 nitrogen and oxygen atoms in total. The van der Waals surface area contributed by atoms with Crippen LogP contribution in [0.3, 0.4) is 0 Å². The van der Waals surface area contributed by atoms with Gasteiger partial charge in [0.25, 0.3) is 5.91 Å². The summed E-state index contributed by atoms with van der Waals surface area (Å²) in [5.41, 5.74) is 0.754. The van der Waals surface area contributed by atoms with Gasteiger partial charge in [0.2, 0.25) is 0 Å². The summed E-state index contributed by atoms with van der Waals surface area (Å²) < 4.78 is 5.51. The minimum absolute atomic E-state index is 0.0406. The zero-order chi connectivity index (χ0) is 14.4. The van der Waals surface area contributed by atoms with Gasteiger partial charge in [0.05, 0.1) is 12.7 Å². The number of anilines is 1. The average molecular weight is 274 g/mol. The molecule has 1 saturated heterocycles. The highest BCUT2D eigenvalue weighted by molar-refractivity contribution is 5.93. The monoisotopic (exact) mass is 274 g/mol. The van der Waals surface area contributed by atoms with Crippen molar-refractivity contribution in [3.63, 3.8) is 0 Å². The predicted molar refractivity (Wildman–Crippen MR) is 75.0 cm³/mol. The first-order valence-electron chi connectivity index (χ1n) is 6.71. The molecule has 2 unspecified atom stereocenters. The van der Waals surface area contributed by atoms with E-state index < -0.39 is 6.10 Å². The fraction of sp³-hybridized carbons (Fsp3) is 0.467. The van der Waals surface area contributed by atoms with Crippen LogP contribution >= 0.6 is 0 Å². The van der Waals surface area contributed by atoms with Crippen LogP contribution in [0.4, 0.5) is 5.82 Å². The van der Waals surface area contributed by atoms with E-state index in [4.69, 9.17) is 9.84 Å². The first-order chi connectivity index (χ1) is 9.69. The summed E-state index contributed by atoms with van der Waals surface area (Å²) in [6.07, 6.45) is 3.40. The van der Waals surface area contributed by atoms with Crippen molar-refractivity contribution in [2.75, 3.05) is 11.9 Å². The van der Waals surface area contributed by atoms with Crippen LogP contribution in [0, 0.1) is 11.8 Å².